The van der Waals surface area contributed by atoms with Crippen LogP contribution in [0.2, 0.25) is 0 Å². The van der Waals surface area contributed by atoms with E-state index in [0.29, 0.717) is 11.3 Å². The number of rotatable bonds is 9. The van der Waals surface area contributed by atoms with Crippen LogP contribution < -0.4 is 4.74 Å². The Kier molecular flexibility index (Phi) is 7.49. The van der Waals surface area contributed by atoms with E-state index in [2.05, 4.69) is 27.7 Å². The van der Waals surface area contributed by atoms with Crippen LogP contribution in [0.5, 0.6) is 5.75 Å². The lowest BCUT2D eigenvalue weighted by Crippen LogP contribution is -1.98. The number of hydrogen-bond donors (Lipinski definition) is 0. The van der Waals surface area contributed by atoms with Gasteiger partial charge in [-0.25, -0.2) is 0 Å². The van der Waals surface area contributed by atoms with Crippen LogP contribution in [0, 0.1) is 23.8 Å². The SMILES string of the molecule is O=[N+]([O-])c1ccc(COc2ccc(/C=N\OCc3cccc([N+](=O)[O-])c3)cc2I)cc1. The molecule has 3 aromatic carbocycles. The lowest BCUT2D eigenvalue weighted by atomic mass is 10.2. The Morgan fingerprint density at radius 2 is 1.61 bits per heavy atom. The maximum Gasteiger partial charge on any atom is 0.269 e. The van der Waals surface area contributed by atoms with Crippen molar-refractivity contribution in [3.8, 4) is 5.75 Å². The van der Waals surface area contributed by atoms with Crippen molar-refractivity contribution in [1.29, 1.82) is 0 Å². The topological polar surface area (TPSA) is 117 Å². The van der Waals surface area contributed by atoms with Gasteiger partial charge >= 0.3 is 0 Å². The Hall–Kier alpha value is -3.54. The van der Waals surface area contributed by atoms with Crippen molar-refractivity contribution in [3.05, 3.63) is 107 Å². The third kappa shape index (κ3) is 6.47. The van der Waals surface area contributed by atoms with Crippen LogP contribution in [0.3, 0.4) is 0 Å². The molecule has 3 aromatic rings. The fraction of sp³-hybridized carbons (Fsp3) is 0.0952. The molecular formula is C21H16IN3O6. The molecule has 0 aromatic heterocycles. The highest BCUT2D eigenvalue weighted by Gasteiger charge is 2.07. The maximum atomic E-state index is 10.8. The van der Waals surface area contributed by atoms with Gasteiger partial charge in [0.1, 0.15) is 19.0 Å². The summed E-state index contributed by atoms with van der Waals surface area (Å²) < 4.78 is 6.65. The van der Waals surface area contributed by atoms with Crippen LogP contribution in [-0.4, -0.2) is 16.1 Å². The number of oxime groups is 1. The molecule has 0 saturated heterocycles. The van der Waals surface area contributed by atoms with Crippen LogP contribution >= 0.6 is 22.6 Å². The Morgan fingerprint density at radius 1 is 0.871 bits per heavy atom. The second kappa shape index (κ2) is 10.5. The molecule has 31 heavy (non-hydrogen) atoms. The fourth-order valence-electron chi connectivity index (χ4n) is 2.56. The average Bonchev–Trinajstić information content (AvgIpc) is 2.76. The van der Waals surface area contributed by atoms with Gasteiger partial charge in [-0.15, -0.1) is 0 Å². The van der Waals surface area contributed by atoms with E-state index in [1.165, 1.54) is 24.3 Å². The number of nitro benzene ring substituents is 2. The molecule has 3 rings (SSSR count). The Morgan fingerprint density at radius 3 is 2.29 bits per heavy atom. The largest absolute Gasteiger partial charge is 0.488 e. The summed E-state index contributed by atoms with van der Waals surface area (Å²) in [6.07, 6.45) is 1.54. The van der Waals surface area contributed by atoms with Crippen LogP contribution in [0.4, 0.5) is 11.4 Å². The minimum Gasteiger partial charge on any atom is -0.488 e. The molecule has 0 N–H and O–H groups in total. The lowest BCUT2D eigenvalue weighted by molar-refractivity contribution is -0.385. The molecule has 0 fully saturated rings. The van der Waals surface area contributed by atoms with E-state index in [0.717, 1.165) is 14.7 Å². The average molecular weight is 533 g/mol. The molecule has 0 radical (unpaired) electrons. The Bertz CT molecular complexity index is 1120. The van der Waals surface area contributed by atoms with Gasteiger partial charge in [0.15, 0.2) is 0 Å². The van der Waals surface area contributed by atoms with Gasteiger partial charge in [0.2, 0.25) is 0 Å². The first-order valence-electron chi connectivity index (χ1n) is 8.97. The van der Waals surface area contributed by atoms with Crippen molar-refractivity contribution in [3.63, 3.8) is 0 Å². The fourth-order valence-corrected chi connectivity index (χ4v) is 3.25. The summed E-state index contributed by atoms with van der Waals surface area (Å²) in [6, 6.07) is 17.9. The summed E-state index contributed by atoms with van der Waals surface area (Å²) in [4.78, 5) is 25.8. The zero-order valence-electron chi connectivity index (χ0n) is 16.0. The smallest absolute Gasteiger partial charge is 0.269 e. The van der Waals surface area contributed by atoms with E-state index >= 15 is 0 Å². The molecule has 158 valence electrons. The standard InChI is InChI=1S/C21H16IN3O6/c22-20-11-16(12-23-31-14-17-2-1-3-19(10-17)25(28)29)6-9-21(20)30-13-15-4-7-18(8-5-15)24(26)27/h1-12H,13-14H2/b23-12-. The van der Waals surface area contributed by atoms with E-state index in [1.807, 2.05) is 12.1 Å². The molecule has 0 aliphatic carbocycles. The van der Waals surface area contributed by atoms with Gasteiger partial charge in [-0.05, 0) is 69.6 Å². The minimum atomic E-state index is -0.458. The predicted molar refractivity (Wildman–Crippen MR) is 122 cm³/mol. The van der Waals surface area contributed by atoms with E-state index in [1.54, 1.807) is 36.5 Å². The monoisotopic (exact) mass is 533 g/mol. The number of ether oxygens (including phenoxy) is 1. The second-order valence-electron chi connectivity index (χ2n) is 6.34. The maximum absolute atomic E-state index is 10.8. The van der Waals surface area contributed by atoms with E-state index in [-0.39, 0.29) is 24.6 Å². The van der Waals surface area contributed by atoms with E-state index in [4.69, 9.17) is 9.57 Å². The third-order valence-electron chi connectivity index (χ3n) is 4.13. The van der Waals surface area contributed by atoms with Crippen molar-refractivity contribution in [2.45, 2.75) is 13.2 Å². The lowest BCUT2D eigenvalue weighted by Gasteiger charge is -2.09. The van der Waals surface area contributed by atoms with Gasteiger partial charge in [0, 0.05) is 24.3 Å². The second-order valence-corrected chi connectivity index (χ2v) is 7.50. The molecule has 0 heterocycles. The van der Waals surface area contributed by atoms with Crippen LogP contribution in [0.25, 0.3) is 0 Å². The Balaban J connectivity index is 1.53. The molecule has 0 saturated carbocycles. The van der Waals surface area contributed by atoms with Crippen molar-refractivity contribution in [2.24, 2.45) is 5.16 Å². The first kappa shape index (κ1) is 22.2. The van der Waals surface area contributed by atoms with Crippen LogP contribution in [-0.2, 0) is 18.1 Å². The number of nitrogens with zero attached hydrogens (tertiary/aromatic N) is 3. The number of benzene rings is 3. The van der Waals surface area contributed by atoms with Crippen molar-refractivity contribution in [2.75, 3.05) is 0 Å². The molecule has 0 bridgehead atoms. The summed E-state index contributed by atoms with van der Waals surface area (Å²) in [6.45, 7) is 0.402. The van der Waals surface area contributed by atoms with Crippen molar-refractivity contribution < 1.29 is 19.4 Å². The molecular weight excluding hydrogens is 517 g/mol. The highest BCUT2D eigenvalue weighted by atomic mass is 127. The van der Waals surface area contributed by atoms with E-state index < -0.39 is 9.85 Å². The van der Waals surface area contributed by atoms with Crippen molar-refractivity contribution in [1.82, 2.24) is 0 Å². The van der Waals surface area contributed by atoms with Gasteiger partial charge in [-0.2, -0.15) is 0 Å². The molecule has 0 atom stereocenters. The normalized spacial score (nSPS) is 10.7. The number of nitro groups is 2. The highest BCUT2D eigenvalue weighted by Crippen LogP contribution is 2.23. The molecule has 0 aliphatic heterocycles. The summed E-state index contributed by atoms with van der Waals surface area (Å²) in [5.41, 5.74) is 2.31. The zero-order chi connectivity index (χ0) is 22.2. The summed E-state index contributed by atoms with van der Waals surface area (Å²) in [5, 5.41) is 25.4. The minimum absolute atomic E-state index is 0.00366. The predicted octanol–water partition coefficient (Wildman–Crippen LogP) is 5.24. The summed E-state index contributed by atoms with van der Waals surface area (Å²) in [7, 11) is 0. The first-order valence-corrected chi connectivity index (χ1v) is 10.0. The summed E-state index contributed by atoms with van der Waals surface area (Å²) >= 11 is 2.14. The van der Waals surface area contributed by atoms with Crippen LogP contribution in [0.1, 0.15) is 16.7 Å². The van der Waals surface area contributed by atoms with Gasteiger partial charge < -0.3 is 9.57 Å². The first-order chi connectivity index (χ1) is 14.9. The number of non-ortho nitro benzene ring substituents is 2. The number of halogens is 1. The van der Waals surface area contributed by atoms with Gasteiger partial charge in [0.25, 0.3) is 11.4 Å². The van der Waals surface area contributed by atoms with E-state index in [9.17, 15) is 20.2 Å². The molecule has 0 spiro atoms. The molecule has 0 unspecified atom stereocenters. The van der Waals surface area contributed by atoms with Gasteiger partial charge in [-0.3, -0.25) is 20.2 Å². The van der Waals surface area contributed by atoms with Crippen molar-refractivity contribution >= 4 is 40.2 Å². The molecule has 9 nitrogen and oxygen atoms in total. The van der Waals surface area contributed by atoms with Gasteiger partial charge in [0.05, 0.1) is 19.6 Å². The quantitative estimate of drug-likeness (QED) is 0.161. The molecule has 0 amide bonds. The Labute approximate surface area is 190 Å². The van der Waals surface area contributed by atoms with Crippen LogP contribution in [0.15, 0.2) is 71.9 Å². The van der Waals surface area contributed by atoms with Gasteiger partial charge in [-0.1, -0.05) is 17.3 Å². The third-order valence-corrected chi connectivity index (χ3v) is 4.97. The summed E-state index contributed by atoms with van der Waals surface area (Å²) in [5.74, 6) is 0.675. The molecule has 10 heteroatoms. The number of hydrogen-bond acceptors (Lipinski definition) is 7. The highest BCUT2D eigenvalue weighted by molar-refractivity contribution is 14.1. The zero-order valence-corrected chi connectivity index (χ0v) is 18.2. The molecule has 0 aliphatic rings.